The van der Waals surface area contributed by atoms with E-state index in [4.69, 9.17) is 11.6 Å². The Kier molecular flexibility index (Phi) is 2.88. The Balaban J connectivity index is 2.10. The summed E-state index contributed by atoms with van der Waals surface area (Å²) in [5, 5.41) is 15.3. The van der Waals surface area contributed by atoms with Crippen molar-refractivity contribution in [2.45, 2.75) is 32.4 Å². The van der Waals surface area contributed by atoms with Gasteiger partial charge in [0.15, 0.2) is 0 Å². The van der Waals surface area contributed by atoms with Crippen molar-refractivity contribution in [3.8, 4) is 11.3 Å². The zero-order valence-electron chi connectivity index (χ0n) is 10.2. The van der Waals surface area contributed by atoms with Gasteiger partial charge in [0.1, 0.15) is 0 Å². The van der Waals surface area contributed by atoms with Crippen LogP contribution in [0.2, 0.25) is 5.02 Å². The average molecular weight is 263 g/mol. The predicted molar refractivity (Wildman–Crippen MR) is 71.6 cm³/mol. The van der Waals surface area contributed by atoms with Crippen molar-refractivity contribution in [1.29, 1.82) is 0 Å². The summed E-state index contributed by atoms with van der Waals surface area (Å²) in [5.74, 6) is 0. The summed E-state index contributed by atoms with van der Waals surface area (Å²) in [5.41, 5.74) is 3.88. The molecule has 1 atom stereocenters. The Morgan fingerprint density at radius 2 is 2.28 bits per heavy atom. The van der Waals surface area contributed by atoms with Crippen molar-refractivity contribution in [1.82, 2.24) is 9.78 Å². The van der Waals surface area contributed by atoms with Gasteiger partial charge in [0, 0.05) is 17.1 Å². The van der Waals surface area contributed by atoms with Crippen LogP contribution in [0.1, 0.15) is 30.2 Å². The van der Waals surface area contributed by atoms with Crippen LogP contribution in [-0.2, 0) is 6.54 Å². The number of aromatic nitrogens is 2. The van der Waals surface area contributed by atoms with E-state index in [2.05, 4.69) is 5.10 Å². The second kappa shape index (κ2) is 4.41. The Morgan fingerprint density at radius 1 is 1.44 bits per heavy atom. The fourth-order valence-electron chi connectivity index (χ4n) is 2.48. The number of aliphatic hydroxyl groups is 1. The monoisotopic (exact) mass is 262 g/mol. The van der Waals surface area contributed by atoms with E-state index in [1.54, 1.807) is 0 Å². The SMILES string of the molecule is Cc1c(Cl)cccc1-c1cc2n(n1)CCCC2O. The first-order chi connectivity index (χ1) is 8.66. The molecule has 0 amide bonds. The highest BCUT2D eigenvalue weighted by molar-refractivity contribution is 6.31. The number of nitrogens with zero attached hydrogens (tertiary/aromatic N) is 2. The van der Waals surface area contributed by atoms with Crippen LogP contribution in [0, 0.1) is 6.92 Å². The van der Waals surface area contributed by atoms with E-state index in [0.29, 0.717) is 0 Å². The largest absolute Gasteiger partial charge is 0.387 e. The van der Waals surface area contributed by atoms with Gasteiger partial charge >= 0.3 is 0 Å². The predicted octanol–water partition coefficient (Wildman–Crippen LogP) is 3.34. The van der Waals surface area contributed by atoms with Crippen LogP contribution in [0.15, 0.2) is 24.3 Å². The Hall–Kier alpha value is -1.32. The van der Waals surface area contributed by atoms with Gasteiger partial charge in [-0.1, -0.05) is 23.7 Å². The molecule has 1 aromatic heterocycles. The number of halogens is 1. The van der Waals surface area contributed by atoms with E-state index >= 15 is 0 Å². The van der Waals surface area contributed by atoms with Crippen molar-refractivity contribution < 1.29 is 5.11 Å². The van der Waals surface area contributed by atoms with Gasteiger partial charge in [-0.15, -0.1) is 0 Å². The molecule has 1 aliphatic heterocycles. The highest BCUT2D eigenvalue weighted by Gasteiger charge is 2.21. The minimum Gasteiger partial charge on any atom is -0.387 e. The maximum Gasteiger partial charge on any atom is 0.0957 e. The highest BCUT2D eigenvalue weighted by Crippen LogP contribution is 2.32. The van der Waals surface area contributed by atoms with Crippen molar-refractivity contribution in [3.05, 3.63) is 40.5 Å². The van der Waals surface area contributed by atoms with Gasteiger partial charge in [-0.25, -0.2) is 0 Å². The minimum absolute atomic E-state index is 0.389. The zero-order valence-corrected chi connectivity index (χ0v) is 11.0. The molecule has 0 radical (unpaired) electrons. The second-order valence-electron chi connectivity index (χ2n) is 4.75. The van der Waals surface area contributed by atoms with Crippen LogP contribution in [0.25, 0.3) is 11.3 Å². The third kappa shape index (κ3) is 1.84. The van der Waals surface area contributed by atoms with Gasteiger partial charge in [-0.2, -0.15) is 5.10 Å². The number of rotatable bonds is 1. The normalized spacial score (nSPS) is 18.7. The van der Waals surface area contributed by atoms with Crippen LogP contribution < -0.4 is 0 Å². The van der Waals surface area contributed by atoms with E-state index in [1.165, 1.54) is 0 Å². The molecule has 1 N–H and O–H groups in total. The summed E-state index contributed by atoms with van der Waals surface area (Å²) in [4.78, 5) is 0. The van der Waals surface area contributed by atoms with Crippen LogP contribution in [0.3, 0.4) is 0 Å². The Labute approximate surface area is 111 Å². The average Bonchev–Trinajstić information content (AvgIpc) is 2.78. The molecule has 1 unspecified atom stereocenters. The molecule has 0 spiro atoms. The van der Waals surface area contributed by atoms with E-state index in [1.807, 2.05) is 35.9 Å². The van der Waals surface area contributed by atoms with E-state index in [-0.39, 0.29) is 6.10 Å². The molecular formula is C14H15ClN2O. The Bertz CT molecular complexity index is 591. The standard InChI is InChI=1S/C14H15ClN2O/c1-9-10(4-2-5-11(9)15)12-8-13-14(18)6-3-7-17(13)16-12/h2,4-5,8,14,18H,3,6-7H2,1H3. The third-order valence-corrected chi connectivity index (χ3v) is 3.95. The number of aryl methyl sites for hydroxylation is 1. The molecule has 2 aromatic rings. The van der Waals surface area contributed by atoms with Crippen molar-refractivity contribution in [3.63, 3.8) is 0 Å². The molecule has 18 heavy (non-hydrogen) atoms. The van der Waals surface area contributed by atoms with Crippen molar-refractivity contribution in [2.75, 3.05) is 0 Å². The molecule has 3 nitrogen and oxygen atoms in total. The molecule has 0 fully saturated rings. The molecule has 1 aromatic carbocycles. The topological polar surface area (TPSA) is 38.0 Å². The second-order valence-corrected chi connectivity index (χ2v) is 5.16. The first kappa shape index (κ1) is 11.8. The minimum atomic E-state index is -0.389. The molecule has 1 aliphatic rings. The summed E-state index contributed by atoms with van der Waals surface area (Å²) in [6.07, 6.45) is 1.41. The molecule has 94 valence electrons. The van der Waals surface area contributed by atoms with Gasteiger partial charge in [-0.3, -0.25) is 4.68 Å². The fraction of sp³-hybridized carbons (Fsp3) is 0.357. The summed E-state index contributed by atoms with van der Waals surface area (Å²) in [6.45, 7) is 2.87. The molecule has 0 saturated heterocycles. The van der Waals surface area contributed by atoms with Gasteiger partial charge in [0.05, 0.1) is 17.5 Å². The molecule has 0 bridgehead atoms. The molecule has 4 heteroatoms. The number of hydrogen-bond acceptors (Lipinski definition) is 2. The quantitative estimate of drug-likeness (QED) is 0.856. The van der Waals surface area contributed by atoms with E-state index in [9.17, 15) is 5.11 Å². The molecule has 2 heterocycles. The van der Waals surface area contributed by atoms with E-state index < -0.39 is 0 Å². The van der Waals surface area contributed by atoms with Crippen LogP contribution >= 0.6 is 11.6 Å². The van der Waals surface area contributed by atoms with Crippen LogP contribution in [0.4, 0.5) is 0 Å². The lowest BCUT2D eigenvalue weighted by Gasteiger charge is -2.18. The maximum atomic E-state index is 9.96. The first-order valence-corrected chi connectivity index (χ1v) is 6.56. The fourth-order valence-corrected chi connectivity index (χ4v) is 2.65. The third-order valence-electron chi connectivity index (χ3n) is 3.54. The Morgan fingerprint density at radius 3 is 3.06 bits per heavy atom. The van der Waals surface area contributed by atoms with Crippen LogP contribution in [0.5, 0.6) is 0 Å². The number of hydrogen-bond donors (Lipinski definition) is 1. The smallest absolute Gasteiger partial charge is 0.0957 e. The van der Waals surface area contributed by atoms with Gasteiger partial charge in [-0.05, 0) is 37.5 Å². The summed E-state index contributed by atoms with van der Waals surface area (Å²) in [7, 11) is 0. The number of benzene rings is 1. The van der Waals surface area contributed by atoms with Gasteiger partial charge in [0.25, 0.3) is 0 Å². The van der Waals surface area contributed by atoms with Crippen molar-refractivity contribution in [2.24, 2.45) is 0 Å². The lowest BCUT2D eigenvalue weighted by Crippen LogP contribution is -2.15. The highest BCUT2D eigenvalue weighted by atomic mass is 35.5. The van der Waals surface area contributed by atoms with Crippen molar-refractivity contribution >= 4 is 11.6 Å². The lowest BCUT2D eigenvalue weighted by molar-refractivity contribution is 0.135. The zero-order chi connectivity index (χ0) is 12.7. The van der Waals surface area contributed by atoms with Gasteiger partial charge in [0.2, 0.25) is 0 Å². The first-order valence-electron chi connectivity index (χ1n) is 6.18. The number of aliphatic hydroxyl groups excluding tert-OH is 1. The maximum absolute atomic E-state index is 9.96. The van der Waals surface area contributed by atoms with Gasteiger partial charge < -0.3 is 5.11 Å². The molecule has 3 rings (SSSR count). The molecule has 0 saturated carbocycles. The van der Waals surface area contributed by atoms with E-state index in [0.717, 1.165) is 46.9 Å². The molecular weight excluding hydrogens is 248 g/mol. The number of fused-ring (bicyclic) bond motifs is 1. The summed E-state index contributed by atoms with van der Waals surface area (Å²) in [6, 6.07) is 7.80. The molecule has 0 aliphatic carbocycles. The van der Waals surface area contributed by atoms with Crippen LogP contribution in [-0.4, -0.2) is 14.9 Å². The summed E-state index contributed by atoms with van der Waals surface area (Å²) < 4.78 is 1.91. The lowest BCUT2D eigenvalue weighted by atomic mass is 10.0. The summed E-state index contributed by atoms with van der Waals surface area (Å²) >= 11 is 6.14.